The maximum absolute atomic E-state index is 12.4. The minimum absolute atomic E-state index is 0.0789. The lowest BCUT2D eigenvalue weighted by Crippen LogP contribution is -2.23. The van der Waals surface area contributed by atoms with E-state index in [0.717, 1.165) is 11.1 Å². The van der Waals surface area contributed by atoms with Gasteiger partial charge in [0.1, 0.15) is 5.56 Å². The molecular weight excluding hydrogens is 312 g/mol. The normalized spacial score (nSPS) is 10.1. The molecular formula is C17H18N2O5. The van der Waals surface area contributed by atoms with Crippen molar-refractivity contribution >= 4 is 11.6 Å². The summed E-state index contributed by atoms with van der Waals surface area (Å²) in [6.07, 6.45) is 0. The number of amides is 1. The minimum Gasteiger partial charge on any atom is -0.493 e. The Morgan fingerprint density at radius 3 is 2.25 bits per heavy atom. The zero-order valence-electron chi connectivity index (χ0n) is 13.7. The van der Waals surface area contributed by atoms with Crippen LogP contribution in [0.25, 0.3) is 0 Å². The summed E-state index contributed by atoms with van der Waals surface area (Å²) in [4.78, 5) is 23.0. The summed E-state index contributed by atoms with van der Waals surface area (Å²) in [5.74, 6) is -0.105. The number of hydrogen-bond donors (Lipinski definition) is 1. The molecule has 2 rings (SSSR count). The van der Waals surface area contributed by atoms with E-state index in [1.807, 2.05) is 31.2 Å². The van der Waals surface area contributed by atoms with Gasteiger partial charge in [-0.05, 0) is 12.5 Å². The number of nitro benzene ring substituents is 1. The molecule has 0 saturated heterocycles. The molecule has 0 aromatic heterocycles. The number of carbonyl (C=O) groups is 1. The number of aryl methyl sites for hydroxylation is 1. The van der Waals surface area contributed by atoms with Crippen LogP contribution in [0.15, 0.2) is 36.4 Å². The van der Waals surface area contributed by atoms with Crippen molar-refractivity contribution in [3.63, 3.8) is 0 Å². The van der Waals surface area contributed by atoms with Crippen LogP contribution in [0.4, 0.5) is 5.69 Å². The molecule has 1 amide bonds. The van der Waals surface area contributed by atoms with Crippen LogP contribution in [0.5, 0.6) is 11.5 Å². The van der Waals surface area contributed by atoms with E-state index in [0.29, 0.717) is 0 Å². The number of methoxy groups -OCH3 is 2. The van der Waals surface area contributed by atoms with E-state index in [9.17, 15) is 14.9 Å². The van der Waals surface area contributed by atoms with Crippen LogP contribution in [0.2, 0.25) is 0 Å². The third kappa shape index (κ3) is 3.81. The maximum Gasteiger partial charge on any atom is 0.286 e. The van der Waals surface area contributed by atoms with E-state index >= 15 is 0 Å². The fraction of sp³-hybridized carbons (Fsp3) is 0.235. The van der Waals surface area contributed by atoms with Gasteiger partial charge in [-0.3, -0.25) is 14.9 Å². The highest BCUT2D eigenvalue weighted by Gasteiger charge is 2.24. The fourth-order valence-electron chi connectivity index (χ4n) is 2.18. The molecule has 2 aromatic carbocycles. The van der Waals surface area contributed by atoms with Gasteiger partial charge in [0, 0.05) is 12.6 Å². The number of nitro groups is 1. The van der Waals surface area contributed by atoms with Gasteiger partial charge in [-0.2, -0.15) is 0 Å². The standard InChI is InChI=1S/C17H18N2O5/c1-11-4-6-12(7-5-11)10-18-17(20)13-8-15(23-2)16(24-3)9-14(13)19(21)22/h4-9H,10H2,1-3H3,(H,18,20). The molecule has 7 nitrogen and oxygen atoms in total. The topological polar surface area (TPSA) is 90.7 Å². The number of ether oxygens (including phenoxy) is 2. The van der Waals surface area contributed by atoms with Gasteiger partial charge in [-0.25, -0.2) is 0 Å². The van der Waals surface area contributed by atoms with Gasteiger partial charge in [0.05, 0.1) is 25.2 Å². The molecule has 0 atom stereocenters. The van der Waals surface area contributed by atoms with Crippen LogP contribution >= 0.6 is 0 Å². The first-order valence-corrected chi connectivity index (χ1v) is 7.20. The molecule has 0 aliphatic heterocycles. The molecule has 0 unspecified atom stereocenters. The molecule has 2 aromatic rings. The predicted octanol–water partition coefficient (Wildman–Crippen LogP) is 2.85. The first kappa shape index (κ1) is 17.3. The number of rotatable bonds is 6. The Labute approximate surface area is 139 Å². The summed E-state index contributed by atoms with van der Waals surface area (Å²) < 4.78 is 10.2. The van der Waals surface area contributed by atoms with Crippen molar-refractivity contribution in [3.8, 4) is 11.5 Å². The maximum atomic E-state index is 12.4. The largest absolute Gasteiger partial charge is 0.493 e. The van der Waals surface area contributed by atoms with Crippen LogP contribution in [-0.2, 0) is 6.54 Å². The van der Waals surface area contributed by atoms with Crippen LogP contribution in [0.3, 0.4) is 0 Å². The Morgan fingerprint density at radius 1 is 1.12 bits per heavy atom. The molecule has 0 bridgehead atoms. The van der Waals surface area contributed by atoms with Crippen molar-refractivity contribution in [1.82, 2.24) is 5.32 Å². The van der Waals surface area contributed by atoms with E-state index in [-0.39, 0.29) is 29.3 Å². The highest BCUT2D eigenvalue weighted by molar-refractivity contribution is 5.99. The van der Waals surface area contributed by atoms with Crippen LogP contribution in [-0.4, -0.2) is 25.1 Å². The van der Waals surface area contributed by atoms with E-state index < -0.39 is 10.8 Å². The molecule has 0 aliphatic carbocycles. The summed E-state index contributed by atoms with van der Waals surface area (Å²) in [6, 6.07) is 10.1. The zero-order valence-corrected chi connectivity index (χ0v) is 13.7. The van der Waals surface area contributed by atoms with Gasteiger partial charge >= 0.3 is 0 Å². The minimum atomic E-state index is -0.622. The van der Waals surface area contributed by atoms with Crippen molar-refractivity contribution in [2.45, 2.75) is 13.5 Å². The lowest BCUT2D eigenvalue weighted by atomic mass is 10.1. The Hall–Kier alpha value is -3.09. The highest BCUT2D eigenvalue weighted by Crippen LogP contribution is 2.34. The molecule has 7 heteroatoms. The van der Waals surface area contributed by atoms with Crippen LogP contribution < -0.4 is 14.8 Å². The molecule has 0 aliphatic rings. The van der Waals surface area contributed by atoms with Crippen molar-refractivity contribution in [1.29, 1.82) is 0 Å². The van der Waals surface area contributed by atoms with Crippen molar-refractivity contribution < 1.29 is 19.2 Å². The lowest BCUT2D eigenvalue weighted by Gasteiger charge is -2.11. The third-order valence-electron chi connectivity index (χ3n) is 3.52. The Kier molecular flexibility index (Phi) is 5.36. The molecule has 1 N–H and O–H groups in total. The molecule has 0 radical (unpaired) electrons. The van der Waals surface area contributed by atoms with Crippen molar-refractivity contribution in [3.05, 3.63) is 63.2 Å². The second kappa shape index (κ2) is 7.45. The first-order valence-electron chi connectivity index (χ1n) is 7.20. The van der Waals surface area contributed by atoms with Gasteiger partial charge in [0.15, 0.2) is 11.5 Å². The van der Waals surface area contributed by atoms with Crippen LogP contribution in [0.1, 0.15) is 21.5 Å². The molecule has 0 saturated carbocycles. The number of nitrogens with one attached hydrogen (secondary N) is 1. The van der Waals surface area contributed by atoms with Crippen molar-refractivity contribution in [2.24, 2.45) is 0 Å². The predicted molar refractivity (Wildman–Crippen MR) is 88.5 cm³/mol. The fourth-order valence-corrected chi connectivity index (χ4v) is 2.18. The number of hydrogen-bond acceptors (Lipinski definition) is 5. The highest BCUT2D eigenvalue weighted by atomic mass is 16.6. The van der Waals surface area contributed by atoms with E-state index in [4.69, 9.17) is 9.47 Å². The van der Waals surface area contributed by atoms with Crippen LogP contribution in [0, 0.1) is 17.0 Å². The number of carbonyl (C=O) groups excluding carboxylic acids is 1. The number of nitrogens with zero attached hydrogens (tertiary/aromatic N) is 1. The first-order chi connectivity index (χ1) is 11.5. The molecule has 0 fully saturated rings. The Morgan fingerprint density at radius 2 is 1.71 bits per heavy atom. The van der Waals surface area contributed by atoms with Gasteiger partial charge in [0.2, 0.25) is 0 Å². The van der Waals surface area contributed by atoms with Gasteiger partial charge < -0.3 is 14.8 Å². The van der Waals surface area contributed by atoms with Gasteiger partial charge in [0.25, 0.3) is 11.6 Å². The Balaban J connectivity index is 2.26. The molecule has 24 heavy (non-hydrogen) atoms. The van der Waals surface area contributed by atoms with E-state index in [1.165, 1.54) is 26.4 Å². The second-order valence-electron chi connectivity index (χ2n) is 5.15. The third-order valence-corrected chi connectivity index (χ3v) is 3.52. The van der Waals surface area contributed by atoms with Gasteiger partial charge in [-0.15, -0.1) is 0 Å². The summed E-state index contributed by atoms with van der Waals surface area (Å²) in [7, 11) is 2.77. The van der Waals surface area contributed by atoms with E-state index in [1.54, 1.807) is 0 Å². The quantitative estimate of drug-likeness (QED) is 0.649. The molecule has 0 spiro atoms. The zero-order chi connectivity index (χ0) is 17.7. The average Bonchev–Trinajstić information content (AvgIpc) is 2.59. The van der Waals surface area contributed by atoms with E-state index in [2.05, 4.69) is 5.32 Å². The Bertz CT molecular complexity index is 756. The monoisotopic (exact) mass is 330 g/mol. The molecule has 126 valence electrons. The van der Waals surface area contributed by atoms with Gasteiger partial charge in [-0.1, -0.05) is 29.8 Å². The molecule has 0 heterocycles. The summed E-state index contributed by atoms with van der Waals surface area (Å²) >= 11 is 0. The summed E-state index contributed by atoms with van der Waals surface area (Å²) in [6.45, 7) is 2.24. The average molecular weight is 330 g/mol. The lowest BCUT2D eigenvalue weighted by molar-refractivity contribution is -0.385. The summed E-state index contributed by atoms with van der Waals surface area (Å²) in [5.41, 5.74) is 1.59. The van der Waals surface area contributed by atoms with Crippen molar-refractivity contribution in [2.75, 3.05) is 14.2 Å². The second-order valence-corrected chi connectivity index (χ2v) is 5.15. The smallest absolute Gasteiger partial charge is 0.286 e. The summed E-state index contributed by atoms with van der Waals surface area (Å²) in [5, 5.41) is 13.9. The SMILES string of the molecule is COc1cc(C(=O)NCc2ccc(C)cc2)c([N+](=O)[O-])cc1OC. The number of benzene rings is 2.